The molecule has 0 aliphatic rings. The van der Waals surface area contributed by atoms with Crippen molar-refractivity contribution in [2.45, 2.75) is 33.2 Å². The molecule has 0 aliphatic heterocycles. The summed E-state index contributed by atoms with van der Waals surface area (Å²) in [6.45, 7) is 5.82. The Morgan fingerprint density at radius 1 is 1.33 bits per heavy atom. The molecule has 1 aromatic rings. The predicted molar refractivity (Wildman–Crippen MR) is 73.4 cm³/mol. The first-order valence-corrected chi connectivity index (χ1v) is 6.52. The van der Waals surface area contributed by atoms with Gasteiger partial charge in [0.15, 0.2) is 0 Å². The van der Waals surface area contributed by atoms with Crippen molar-refractivity contribution >= 4 is 5.97 Å². The van der Waals surface area contributed by atoms with Crippen molar-refractivity contribution in [3.63, 3.8) is 0 Å². The average molecular weight is 249 g/mol. The van der Waals surface area contributed by atoms with Gasteiger partial charge in [-0.25, -0.2) is 0 Å². The summed E-state index contributed by atoms with van der Waals surface area (Å²) < 4.78 is 5.14. The second kappa shape index (κ2) is 7.88. The molecule has 0 N–H and O–H groups in total. The number of esters is 1. The summed E-state index contributed by atoms with van der Waals surface area (Å²) in [4.78, 5) is 13.5. The van der Waals surface area contributed by atoms with E-state index in [1.54, 1.807) is 0 Å². The number of benzene rings is 1. The third kappa shape index (κ3) is 5.32. The highest BCUT2D eigenvalue weighted by molar-refractivity contribution is 5.71. The van der Waals surface area contributed by atoms with Gasteiger partial charge in [0.1, 0.15) is 0 Å². The minimum absolute atomic E-state index is 0.139. The summed E-state index contributed by atoms with van der Waals surface area (Å²) in [5.41, 5.74) is 2.50. The second-order valence-corrected chi connectivity index (χ2v) is 4.67. The molecule has 0 heterocycles. The van der Waals surface area contributed by atoms with Crippen molar-refractivity contribution in [1.29, 1.82) is 0 Å². The van der Waals surface area contributed by atoms with Gasteiger partial charge >= 0.3 is 5.97 Å². The van der Waals surface area contributed by atoms with Crippen molar-refractivity contribution < 1.29 is 9.53 Å². The summed E-state index contributed by atoms with van der Waals surface area (Å²) in [5.74, 6) is -0.139. The molecule has 0 aromatic heterocycles. The lowest BCUT2D eigenvalue weighted by Gasteiger charge is -2.17. The van der Waals surface area contributed by atoms with Gasteiger partial charge < -0.3 is 4.74 Å². The van der Waals surface area contributed by atoms with Crippen LogP contribution in [0.3, 0.4) is 0 Å². The first-order chi connectivity index (χ1) is 8.63. The Kier molecular flexibility index (Phi) is 6.44. The van der Waals surface area contributed by atoms with Crippen LogP contribution < -0.4 is 0 Å². The van der Waals surface area contributed by atoms with E-state index < -0.39 is 0 Å². The monoisotopic (exact) mass is 249 g/mol. The molecule has 0 aliphatic carbocycles. The third-order valence-electron chi connectivity index (χ3n) is 2.86. The summed E-state index contributed by atoms with van der Waals surface area (Å²) in [7, 11) is 1.94. The molecule has 18 heavy (non-hydrogen) atoms. The van der Waals surface area contributed by atoms with Crippen LogP contribution in [-0.4, -0.2) is 31.1 Å². The number of hydrogen-bond donors (Lipinski definition) is 0. The molecule has 3 nitrogen and oxygen atoms in total. The predicted octanol–water partition coefficient (Wildman–Crippen LogP) is 2.77. The normalized spacial score (nSPS) is 10.7. The Hall–Kier alpha value is -1.35. The summed E-state index contributed by atoms with van der Waals surface area (Å²) in [5, 5.41) is 0. The molecule has 0 unspecified atom stereocenters. The molecule has 0 spiro atoms. The number of hydrogen-bond acceptors (Lipinski definition) is 3. The highest BCUT2D eigenvalue weighted by Gasteiger charge is 2.08. The molecular formula is C15H23NO2. The fourth-order valence-electron chi connectivity index (χ4n) is 1.73. The van der Waals surface area contributed by atoms with Gasteiger partial charge in [-0.15, -0.1) is 0 Å². The highest BCUT2D eigenvalue weighted by Crippen LogP contribution is 2.09. The van der Waals surface area contributed by atoms with Gasteiger partial charge in [0, 0.05) is 6.54 Å². The molecule has 0 saturated carbocycles. The molecule has 0 bridgehead atoms. The van der Waals surface area contributed by atoms with E-state index in [0.29, 0.717) is 13.2 Å². The Balaban J connectivity index is 2.35. The van der Waals surface area contributed by atoms with E-state index in [-0.39, 0.29) is 5.97 Å². The second-order valence-electron chi connectivity index (χ2n) is 4.67. The zero-order chi connectivity index (χ0) is 13.4. The van der Waals surface area contributed by atoms with Crippen molar-refractivity contribution in [3.8, 4) is 0 Å². The minimum Gasteiger partial charge on any atom is -0.465 e. The van der Waals surface area contributed by atoms with Crippen LogP contribution in [0, 0.1) is 6.92 Å². The van der Waals surface area contributed by atoms with E-state index in [2.05, 4.69) is 26.0 Å². The molecular weight excluding hydrogens is 226 g/mol. The van der Waals surface area contributed by atoms with Crippen molar-refractivity contribution in [1.82, 2.24) is 4.90 Å². The van der Waals surface area contributed by atoms with Crippen LogP contribution in [0.1, 0.15) is 30.9 Å². The molecule has 0 atom stereocenters. The highest BCUT2D eigenvalue weighted by atomic mass is 16.5. The molecule has 0 saturated heterocycles. The summed E-state index contributed by atoms with van der Waals surface area (Å²) in [6, 6.07) is 8.23. The van der Waals surface area contributed by atoms with E-state index in [9.17, 15) is 4.79 Å². The molecule has 100 valence electrons. The van der Waals surface area contributed by atoms with Gasteiger partial charge in [-0.05, 0) is 31.5 Å². The molecule has 1 aromatic carbocycles. The van der Waals surface area contributed by atoms with Crippen LogP contribution in [0.15, 0.2) is 24.3 Å². The van der Waals surface area contributed by atoms with Crippen LogP contribution >= 0.6 is 0 Å². The molecule has 0 radical (unpaired) electrons. The number of unbranched alkanes of at least 4 members (excludes halogenated alkanes) is 1. The van der Waals surface area contributed by atoms with Gasteiger partial charge in [-0.3, -0.25) is 9.69 Å². The van der Waals surface area contributed by atoms with Crippen molar-refractivity contribution in [3.05, 3.63) is 35.4 Å². The Morgan fingerprint density at radius 3 is 2.72 bits per heavy atom. The minimum atomic E-state index is -0.139. The largest absolute Gasteiger partial charge is 0.465 e. The van der Waals surface area contributed by atoms with Gasteiger partial charge in [0.25, 0.3) is 0 Å². The number of nitrogens with zero attached hydrogens (tertiary/aromatic N) is 1. The topological polar surface area (TPSA) is 29.5 Å². The van der Waals surface area contributed by atoms with Crippen LogP contribution in [0.4, 0.5) is 0 Å². The van der Waals surface area contributed by atoms with E-state index in [4.69, 9.17) is 4.74 Å². The Morgan fingerprint density at radius 2 is 2.06 bits per heavy atom. The fraction of sp³-hybridized carbons (Fsp3) is 0.533. The maximum Gasteiger partial charge on any atom is 0.320 e. The maximum atomic E-state index is 11.5. The van der Waals surface area contributed by atoms with Crippen LogP contribution in [0.2, 0.25) is 0 Å². The first-order valence-electron chi connectivity index (χ1n) is 6.52. The Bertz CT molecular complexity index is 377. The quantitative estimate of drug-likeness (QED) is 0.549. The van der Waals surface area contributed by atoms with Gasteiger partial charge in [0.2, 0.25) is 0 Å². The van der Waals surface area contributed by atoms with E-state index in [1.165, 1.54) is 11.1 Å². The van der Waals surface area contributed by atoms with Crippen LogP contribution in [-0.2, 0) is 16.1 Å². The lowest BCUT2D eigenvalue weighted by molar-refractivity contribution is -0.144. The zero-order valence-corrected chi connectivity index (χ0v) is 11.6. The van der Waals surface area contributed by atoms with Crippen molar-refractivity contribution in [2.75, 3.05) is 20.2 Å². The fourth-order valence-corrected chi connectivity index (χ4v) is 1.73. The SMILES string of the molecule is CCCCOC(=O)CN(C)Cc1ccccc1C. The summed E-state index contributed by atoms with van der Waals surface area (Å²) in [6.07, 6.45) is 1.99. The molecule has 0 fully saturated rings. The number of rotatable bonds is 7. The van der Waals surface area contributed by atoms with Crippen molar-refractivity contribution in [2.24, 2.45) is 0 Å². The van der Waals surface area contributed by atoms with E-state index in [0.717, 1.165) is 19.4 Å². The number of carbonyl (C=O) groups excluding carboxylic acids is 1. The molecule has 1 rings (SSSR count). The van der Waals surface area contributed by atoms with Crippen LogP contribution in [0.5, 0.6) is 0 Å². The lowest BCUT2D eigenvalue weighted by Crippen LogP contribution is -2.27. The molecule has 0 amide bonds. The Labute approximate surface area is 110 Å². The van der Waals surface area contributed by atoms with E-state index in [1.807, 2.05) is 24.1 Å². The first kappa shape index (κ1) is 14.7. The maximum absolute atomic E-state index is 11.5. The lowest BCUT2D eigenvalue weighted by atomic mass is 10.1. The van der Waals surface area contributed by atoms with Crippen LogP contribution in [0.25, 0.3) is 0 Å². The number of ether oxygens (including phenoxy) is 1. The standard InChI is InChI=1S/C15H23NO2/c1-4-5-10-18-15(17)12-16(3)11-14-9-7-6-8-13(14)2/h6-9H,4-5,10-12H2,1-3H3. The van der Waals surface area contributed by atoms with E-state index >= 15 is 0 Å². The zero-order valence-electron chi connectivity index (χ0n) is 11.6. The van der Waals surface area contributed by atoms with Gasteiger partial charge in [0.05, 0.1) is 13.2 Å². The van der Waals surface area contributed by atoms with Gasteiger partial charge in [-0.1, -0.05) is 37.6 Å². The average Bonchev–Trinajstić information content (AvgIpc) is 2.32. The number of likely N-dealkylation sites (N-methyl/N-ethyl adjacent to an activating group) is 1. The van der Waals surface area contributed by atoms with Gasteiger partial charge in [-0.2, -0.15) is 0 Å². The number of carbonyl (C=O) groups is 1. The third-order valence-corrected chi connectivity index (χ3v) is 2.86. The number of aryl methyl sites for hydroxylation is 1. The smallest absolute Gasteiger partial charge is 0.320 e. The molecule has 3 heteroatoms. The summed E-state index contributed by atoms with van der Waals surface area (Å²) >= 11 is 0.